The van der Waals surface area contributed by atoms with Crippen LogP contribution in [-0.2, 0) is 22.5 Å². The molecule has 0 aliphatic carbocycles. The van der Waals surface area contributed by atoms with Crippen molar-refractivity contribution >= 4 is 36.4 Å². The zero-order valence-corrected chi connectivity index (χ0v) is 17.8. The summed E-state index contributed by atoms with van der Waals surface area (Å²) in [6, 6.07) is 4.85. The molecular weight excluding hydrogens is 352 g/mol. The second-order valence-corrected chi connectivity index (χ2v) is 15.8. The Bertz CT molecular complexity index is 775. The predicted octanol–water partition coefficient (Wildman–Crippen LogP) is 3.62. The molecule has 2 heterocycles. The highest BCUT2D eigenvalue weighted by molar-refractivity contribution is 7.85. The van der Waals surface area contributed by atoms with E-state index in [2.05, 4.69) is 34.0 Å². The number of aromatic nitrogens is 3. The fourth-order valence-corrected chi connectivity index (χ4v) is 3.20. The van der Waals surface area contributed by atoms with Gasteiger partial charge in [0.25, 0.3) is 0 Å². The third-order valence-corrected chi connectivity index (χ3v) is 6.56. The molecule has 0 aromatic carbocycles. The Balaban J connectivity index is 2.08. The number of hydrogen-bond acceptors (Lipinski definition) is 4. The van der Waals surface area contributed by atoms with Gasteiger partial charge >= 0.3 is 0 Å². The molecule has 0 amide bonds. The minimum Gasteiger partial charge on any atom is -0.361 e. The van der Waals surface area contributed by atoms with Crippen molar-refractivity contribution in [1.29, 1.82) is 0 Å². The molecule has 2 aromatic rings. The first kappa shape index (κ1) is 19.9. The van der Waals surface area contributed by atoms with Crippen molar-refractivity contribution in [2.24, 2.45) is 4.40 Å². The Hall–Kier alpha value is -1.38. The molecule has 25 heavy (non-hydrogen) atoms. The Morgan fingerprint density at radius 2 is 2.04 bits per heavy atom. The van der Waals surface area contributed by atoms with Crippen LogP contribution < -0.4 is 0 Å². The lowest BCUT2D eigenvalue weighted by Crippen LogP contribution is -2.22. The fraction of sp³-hybridized carbons (Fsp3) is 0.588. The van der Waals surface area contributed by atoms with Crippen molar-refractivity contribution < 1.29 is 8.95 Å². The number of hydrogen-bond donors (Lipinski definition) is 0. The third-order valence-electron chi connectivity index (χ3n) is 3.52. The molecule has 0 radical (unpaired) electrons. The molecule has 0 saturated heterocycles. The number of imidazole rings is 1. The molecule has 0 aliphatic rings. The summed E-state index contributed by atoms with van der Waals surface area (Å²) in [6.07, 6.45) is 3.30. The summed E-state index contributed by atoms with van der Waals surface area (Å²) >= 11 is 0. The van der Waals surface area contributed by atoms with Crippen LogP contribution in [-0.4, -0.2) is 44.4 Å². The van der Waals surface area contributed by atoms with Crippen LogP contribution in [0.2, 0.25) is 25.7 Å². The second-order valence-electron chi connectivity index (χ2n) is 8.24. The van der Waals surface area contributed by atoms with Crippen molar-refractivity contribution in [1.82, 2.24) is 14.5 Å². The van der Waals surface area contributed by atoms with E-state index in [1.54, 1.807) is 12.5 Å². The topological polar surface area (TPSA) is 69.4 Å². The van der Waals surface area contributed by atoms with Gasteiger partial charge in [0.15, 0.2) is 5.65 Å². The largest absolute Gasteiger partial charge is 0.361 e. The van der Waals surface area contributed by atoms with Gasteiger partial charge in [0.05, 0.1) is 23.0 Å². The van der Waals surface area contributed by atoms with Gasteiger partial charge in [0.2, 0.25) is 0 Å². The Labute approximate surface area is 153 Å². The van der Waals surface area contributed by atoms with Crippen molar-refractivity contribution in [3.63, 3.8) is 0 Å². The van der Waals surface area contributed by atoms with Crippen molar-refractivity contribution in [2.75, 3.05) is 6.61 Å². The number of fused-ring (bicyclic) bond motifs is 1. The van der Waals surface area contributed by atoms with Crippen LogP contribution in [0.1, 0.15) is 26.5 Å². The van der Waals surface area contributed by atoms with Gasteiger partial charge in [-0.2, -0.15) is 4.40 Å². The Morgan fingerprint density at radius 1 is 1.32 bits per heavy atom. The van der Waals surface area contributed by atoms with E-state index in [4.69, 9.17) is 4.74 Å². The zero-order valence-electron chi connectivity index (χ0n) is 15.9. The molecule has 2 rings (SSSR count). The molecule has 138 valence electrons. The Morgan fingerprint density at radius 3 is 2.68 bits per heavy atom. The highest BCUT2D eigenvalue weighted by Crippen LogP contribution is 2.14. The molecule has 0 aliphatic heterocycles. The number of ether oxygens (including phenoxy) is 1. The van der Waals surface area contributed by atoms with Crippen molar-refractivity contribution in [3.8, 4) is 0 Å². The van der Waals surface area contributed by atoms with Gasteiger partial charge in [-0.25, -0.2) is 14.2 Å². The lowest BCUT2D eigenvalue weighted by Gasteiger charge is -2.15. The van der Waals surface area contributed by atoms with Gasteiger partial charge in [-0.15, -0.1) is 0 Å². The maximum Gasteiger partial charge on any atom is 0.162 e. The van der Waals surface area contributed by atoms with Crippen LogP contribution in [0.3, 0.4) is 0 Å². The summed E-state index contributed by atoms with van der Waals surface area (Å²) in [4.78, 5) is 8.91. The number of rotatable bonds is 7. The normalized spacial score (nSPS) is 14.5. The average molecular weight is 381 g/mol. The van der Waals surface area contributed by atoms with E-state index >= 15 is 0 Å². The van der Waals surface area contributed by atoms with Crippen LogP contribution in [0.4, 0.5) is 0 Å². The maximum absolute atomic E-state index is 12.0. The van der Waals surface area contributed by atoms with Crippen LogP contribution in [0.15, 0.2) is 22.9 Å². The van der Waals surface area contributed by atoms with E-state index < -0.39 is 19.1 Å². The Kier molecular flexibility index (Phi) is 6.29. The van der Waals surface area contributed by atoms with E-state index in [1.807, 2.05) is 37.5 Å². The van der Waals surface area contributed by atoms with E-state index in [1.165, 1.54) is 0 Å². The first-order valence-corrected chi connectivity index (χ1v) is 13.2. The monoisotopic (exact) mass is 380 g/mol. The van der Waals surface area contributed by atoms with Gasteiger partial charge in [0.1, 0.15) is 23.2 Å². The minimum absolute atomic E-state index is 0.382. The minimum atomic E-state index is -1.30. The van der Waals surface area contributed by atoms with Crippen LogP contribution in [0, 0.1) is 0 Å². The molecule has 8 heteroatoms. The quantitative estimate of drug-likeness (QED) is 0.418. The summed E-state index contributed by atoms with van der Waals surface area (Å²) in [6.45, 7) is 13.9. The summed E-state index contributed by atoms with van der Waals surface area (Å²) < 4.78 is 23.4. The highest BCUT2D eigenvalue weighted by atomic mass is 32.2. The van der Waals surface area contributed by atoms with E-state index in [0.29, 0.717) is 12.4 Å². The van der Waals surface area contributed by atoms with Gasteiger partial charge < -0.3 is 4.74 Å². The third kappa shape index (κ3) is 6.13. The maximum atomic E-state index is 12.0. The molecule has 0 fully saturated rings. The zero-order chi connectivity index (χ0) is 18.7. The summed E-state index contributed by atoms with van der Waals surface area (Å²) in [5.41, 5.74) is 2.22. The molecule has 0 saturated carbocycles. The molecular formula is C17H28N4O2SSi. The van der Waals surface area contributed by atoms with Crippen LogP contribution in [0.25, 0.3) is 11.2 Å². The van der Waals surface area contributed by atoms with Crippen molar-refractivity contribution in [3.05, 3.63) is 24.2 Å². The first-order valence-electron chi connectivity index (χ1n) is 8.42. The SMILES string of the molecule is CC(C)(C)[S@@](=O)/N=C/c1ccc2ncn(COCC[Si](C)(C)C)c2n1. The standard InChI is InChI=1S/C17H28N4O2SSi/c1-17(2,3)24(22)19-11-14-7-8-15-16(20-14)21(12-18-15)13-23-9-10-25(4,5)6/h7-8,11-12H,9-10,13H2,1-6H3/b19-11+/t24-/m1/s1. The molecule has 6 nitrogen and oxygen atoms in total. The molecule has 0 spiro atoms. The smallest absolute Gasteiger partial charge is 0.162 e. The highest BCUT2D eigenvalue weighted by Gasteiger charge is 2.18. The van der Waals surface area contributed by atoms with Gasteiger partial charge in [-0.1, -0.05) is 19.6 Å². The number of nitrogens with zero attached hydrogens (tertiary/aromatic N) is 4. The first-order chi connectivity index (χ1) is 11.6. The van der Waals surface area contributed by atoms with Crippen LogP contribution in [0.5, 0.6) is 0 Å². The lowest BCUT2D eigenvalue weighted by atomic mass is 10.3. The second kappa shape index (κ2) is 7.88. The molecule has 2 aromatic heterocycles. The van der Waals surface area contributed by atoms with Crippen molar-refractivity contribution in [2.45, 2.75) is 57.9 Å². The van der Waals surface area contributed by atoms with Crippen LogP contribution >= 0.6 is 0 Å². The van der Waals surface area contributed by atoms with E-state index in [-0.39, 0.29) is 4.75 Å². The molecule has 1 atom stereocenters. The van der Waals surface area contributed by atoms with E-state index in [0.717, 1.165) is 23.8 Å². The number of pyridine rings is 1. The molecule has 0 unspecified atom stereocenters. The lowest BCUT2D eigenvalue weighted by molar-refractivity contribution is 0.0895. The van der Waals surface area contributed by atoms with E-state index in [9.17, 15) is 4.21 Å². The van der Waals surface area contributed by atoms with Gasteiger partial charge in [-0.05, 0) is 38.9 Å². The van der Waals surface area contributed by atoms with Gasteiger partial charge in [-0.3, -0.25) is 4.57 Å². The fourth-order valence-electron chi connectivity index (χ4n) is 1.92. The van der Waals surface area contributed by atoms with Gasteiger partial charge in [0, 0.05) is 14.7 Å². The summed E-state index contributed by atoms with van der Waals surface area (Å²) in [5.74, 6) is 0. The summed E-state index contributed by atoms with van der Waals surface area (Å²) in [5, 5.41) is 0. The molecule has 0 N–H and O–H groups in total. The predicted molar refractivity (Wildman–Crippen MR) is 107 cm³/mol. The average Bonchev–Trinajstić information content (AvgIpc) is 2.89. The molecule has 0 bridgehead atoms. The summed E-state index contributed by atoms with van der Waals surface area (Å²) in [7, 11) is -2.39.